The van der Waals surface area contributed by atoms with Crippen molar-refractivity contribution in [2.75, 3.05) is 19.8 Å². The number of morpholine rings is 1. The van der Waals surface area contributed by atoms with Gasteiger partial charge in [0, 0.05) is 42.7 Å². The smallest absolute Gasteiger partial charge is 0.388 e. The average Bonchev–Trinajstić information content (AvgIpc) is 2.82. The Morgan fingerprint density at radius 3 is 2.51 bits per heavy atom. The van der Waals surface area contributed by atoms with E-state index < -0.39 is 13.2 Å². The van der Waals surface area contributed by atoms with E-state index >= 15 is 0 Å². The average molecular weight is 492 g/mol. The third-order valence-corrected chi connectivity index (χ3v) is 5.06. The van der Waals surface area contributed by atoms with Crippen LogP contribution in [0.15, 0.2) is 48.8 Å². The zero-order chi connectivity index (χ0) is 24.8. The number of nitrogens with zero attached hydrogens (tertiary/aromatic N) is 4. The fraction of sp³-hybridized carbons (Fsp3) is 0.304. The number of pyridine rings is 3. The predicted molar refractivity (Wildman–Crippen MR) is 114 cm³/mol. The van der Waals surface area contributed by atoms with Gasteiger partial charge < -0.3 is 19.1 Å². The van der Waals surface area contributed by atoms with Crippen molar-refractivity contribution in [3.8, 4) is 22.9 Å². The van der Waals surface area contributed by atoms with E-state index in [1.807, 2.05) is 6.07 Å². The Morgan fingerprint density at radius 1 is 1.00 bits per heavy atom. The molecular weight excluding hydrogens is 472 g/mol. The van der Waals surface area contributed by atoms with Crippen LogP contribution in [-0.2, 0) is 22.5 Å². The maximum atomic E-state index is 12.9. The minimum Gasteiger partial charge on any atom is -0.432 e. The number of halogens is 4. The lowest BCUT2D eigenvalue weighted by atomic mass is 10.1. The van der Waals surface area contributed by atoms with Crippen LogP contribution in [0.4, 0.5) is 17.6 Å². The van der Waals surface area contributed by atoms with Gasteiger partial charge in [0.2, 0.25) is 11.8 Å². The number of amides is 1. The van der Waals surface area contributed by atoms with E-state index in [2.05, 4.69) is 24.4 Å². The Labute approximate surface area is 197 Å². The standard InChI is InChI=1S/C23H20F4N4O4/c24-22(25)34-18-4-3-16(30-21(18)15-5-6-28-19(10-15)35-23(26)27)9-14-1-2-17(29-11-14)12-31-7-8-33-13-20(31)32/h1-6,10-11,22-23H,7-9,12-13H2. The van der Waals surface area contributed by atoms with Crippen molar-refractivity contribution >= 4 is 5.91 Å². The van der Waals surface area contributed by atoms with Crippen LogP contribution >= 0.6 is 0 Å². The second-order valence-electron chi connectivity index (χ2n) is 7.49. The van der Waals surface area contributed by atoms with Crippen LogP contribution in [0.3, 0.4) is 0 Å². The Hall–Kier alpha value is -3.80. The molecular formula is C23H20F4N4O4. The van der Waals surface area contributed by atoms with Gasteiger partial charge in [0.05, 0.1) is 18.8 Å². The molecule has 4 rings (SSSR count). The van der Waals surface area contributed by atoms with Crippen LogP contribution in [0, 0.1) is 0 Å². The minimum atomic E-state index is -3.10. The lowest BCUT2D eigenvalue weighted by molar-refractivity contribution is -0.143. The lowest BCUT2D eigenvalue weighted by Gasteiger charge is -2.26. The Bertz CT molecular complexity index is 1160. The highest BCUT2D eigenvalue weighted by molar-refractivity contribution is 5.77. The zero-order valence-electron chi connectivity index (χ0n) is 18.2. The van der Waals surface area contributed by atoms with Crippen molar-refractivity contribution in [3.63, 3.8) is 0 Å². The largest absolute Gasteiger partial charge is 0.432 e. The van der Waals surface area contributed by atoms with E-state index in [1.54, 1.807) is 17.2 Å². The molecule has 4 heterocycles. The topological polar surface area (TPSA) is 86.7 Å². The van der Waals surface area contributed by atoms with Gasteiger partial charge in [-0.1, -0.05) is 6.07 Å². The first-order chi connectivity index (χ1) is 16.9. The zero-order valence-corrected chi connectivity index (χ0v) is 18.2. The lowest BCUT2D eigenvalue weighted by Crippen LogP contribution is -2.41. The van der Waals surface area contributed by atoms with Crippen molar-refractivity contribution in [2.24, 2.45) is 0 Å². The van der Waals surface area contributed by atoms with Crippen LogP contribution in [0.25, 0.3) is 11.3 Å². The molecule has 0 unspecified atom stereocenters. The maximum Gasteiger partial charge on any atom is 0.388 e. The molecule has 0 N–H and O–H groups in total. The summed E-state index contributed by atoms with van der Waals surface area (Å²) in [5, 5.41) is 0. The van der Waals surface area contributed by atoms with Gasteiger partial charge in [0.25, 0.3) is 0 Å². The summed E-state index contributed by atoms with van der Waals surface area (Å²) in [6.45, 7) is -4.78. The first kappa shape index (κ1) is 24.3. The first-order valence-electron chi connectivity index (χ1n) is 10.5. The van der Waals surface area contributed by atoms with Gasteiger partial charge in [-0.05, 0) is 29.8 Å². The molecule has 0 bridgehead atoms. The van der Waals surface area contributed by atoms with Gasteiger partial charge in [-0.2, -0.15) is 17.6 Å². The number of carbonyl (C=O) groups is 1. The summed E-state index contributed by atoms with van der Waals surface area (Å²) in [5.41, 5.74) is 2.25. The van der Waals surface area contributed by atoms with E-state index in [4.69, 9.17) is 4.74 Å². The third kappa shape index (κ3) is 6.63. The second-order valence-corrected chi connectivity index (χ2v) is 7.49. The monoisotopic (exact) mass is 492 g/mol. The molecule has 184 valence electrons. The Morgan fingerprint density at radius 2 is 1.80 bits per heavy atom. The number of hydrogen-bond donors (Lipinski definition) is 0. The Balaban J connectivity index is 1.54. The molecule has 0 aliphatic carbocycles. The molecule has 3 aromatic rings. The molecule has 1 saturated heterocycles. The number of hydrogen-bond acceptors (Lipinski definition) is 7. The van der Waals surface area contributed by atoms with Crippen LogP contribution in [-0.4, -0.2) is 58.7 Å². The number of ether oxygens (including phenoxy) is 3. The van der Waals surface area contributed by atoms with E-state index in [9.17, 15) is 22.4 Å². The quantitative estimate of drug-likeness (QED) is 0.421. The summed E-state index contributed by atoms with van der Waals surface area (Å²) in [7, 11) is 0. The van der Waals surface area contributed by atoms with Crippen molar-refractivity contribution in [3.05, 3.63) is 65.7 Å². The van der Waals surface area contributed by atoms with Crippen LogP contribution in [0.2, 0.25) is 0 Å². The number of carbonyl (C=O) groups excluding carboxylic acids is 1. The van der Waals surface area contributed by atoms with E-state index in [0.29, 0.717) is 37.5 Å². The second kappa shape index (κ2) is 11.1. The highest BCUT2D eigenvalue weighted by Gasteiger charge is 2.19. The van der Waals surface area contributed by atoms with Gasteiger partial charge in [-0.3, -0.25) is 9.78 Å². The molecule has 8 nitrogen and oxygen atoms in total. The summed E-state index contributed by atoms with van der Waals surface area (Å²) in [6.07, 6.45) is 3.17. The van der Waals surface area contributed by atoms with Crippen LogP contribution < -0.4 is 9.47 Å². The van der Waals surface area contributed by atoms with E-state index in [0.717, 1.165) is 5.56 Å². The molecule has 1 amide bonds. The molecule has 1 fully saturated rings. The summed E-state index contributed by atoms with van der Waals surface area (Å²) in [4.78, 5) is 26.0. The van der Waals surface area contributed by atoms with Gasteiger partial charge in [0.1, 0.15) is 12.3 Å². The highest BCUT2D eigenvalue weighted by Crippen LogP contribution is 2.31. The predicted octanol–water partition coefficient (Wildman–Crippen LogP) is 3.69. The van der Waals surface area contributed by atoms with Crippen molar-refractivity contribution < 1.29 is 36.6 Å². The SMILES string of the molecule is O=C1COCCN1Cc1ccc(Cc2ccc(OC(F)F)c(-c3ccnc(OC(F)F)c3)n2)cn1. The fourth-order valence-corrected chi connectivity index (χ4v) is 3.47. The Kier molecular flexibility index (Phi) is 7.70. The number of alkyl halides is 4. The van der Waals surface area contributed by atoms with Gasteiger partial charge in [-0.25, -0.2) is 9.97 Å². The summed E-state index contributed by atoms with van der Waals surface area (Å²) >= 11 is 0. The molecule has 3 aromatic heterocycles. The molecule has 0 aromatic carbocycles. The third-order valence-electron chi connectivity index (χ3n) is 5.06. The molecule has 1 aliphatic heterocycles. The highest BCUT2D eigenvalue weighted by atomic mass is 19.3. The van der Waals surface area contributed by atoms with Gasteiger partial charge in [-0.15, -0.1) is 0 Å². The fourth-order valence-electron chi connectivity index (χ4n) is 3.47. The molecule has 0 atom stereocenters. The summed E-state index contributed by atoms with van der Waals surface area (Å²) in [6, 6.07) is 9.08. The van der Waals surface area contributed by atoms with Gasteiger partial charge in [0.15, 0.2) is 5.75 Å². The maximum absolute atomic E-state index is 12.9. The van der Waals surface area contributed by atoms with Crippen molar-refractivity contribution in [1.29, 1.82) is 0 Å². The molecule has 0 spiro atoms. The van der Waals surface area contributed by atoms with E-state index in [1.165, 1.54) is 30.5 Å². The molecule has 35 heavy (non-hydrogen) atoms. The van der Waals surface area contributed by atoms with Crippen molar-refractivity contribution in [1.82, 2.24) is 19.9 Å². The number of rotatable bonds is 9. The van der Waals surface area contributed by atoms with Crippen LogP contribution in [0.5, 0.6) is 11.6 Å². The number of aromatic nitrogens is 3. The normalized spacial score (nSPS) is 14.0. The first-order valence-corrected chi connectivity index (χ1v) is 10.5. The molecule has 0 radical (unpaired) electrons. The summed E-state index contributed by atoms with van der Waals surface area (Å²) in [5.74, 6) is -0.698. The van der Waals surface area contributed by atoms with Gasteiger partial charge >= 0.3 is 13.2 Å². The molecule has 1 aliphatic rings. The van der Waals surface area contributed by atoms with Crippen LogP contribution in [0.1, 0.15) is 17.0 Å². The molecule has 0 saturated carbocycles. The summed E-state index contributed by atoms with van der Waals surface area (Å²) < 4.78 is 64.9. The minimum absolute atomic E-state index is 0.0275. The van der Waals surface area contributed by atoms with E-state index in [-0.39, 0.29) is 35.4 Å². The molecule has 12 heteroatoms. The van der Waals surface area contributed by atoms with Crippen molar-refractivity contribution in [2.45, 2.75) is 26.2 Å².